The summed E-state index contributed by atoms with van der Waals surface area (Å²) >= 11 is 1.62. The van der Waals surface area contributed by atoms with Crippen LogP contribution in [0.5, 0.6) is 11.5 Å². The summed E-state index contributed by atoms with van der Waals surface area (Å²) in [5.41, 5.74) is 6.74. The Morgan fingerprint density at radius 1 is 1.08 bits per heavy atom. The lowest BCUT2D eigenvalue weighted by Gasteiger charge is -2.18. The zero-order chi connectivity index (χ0) is 18.1. The summed E-state index contributed by atoms with van der Waals surface area (Å²) in [7, 11) is 3.36. The van der Waals surface area contributed by atoms with Crippen LogP contribution in [0.1, 0.15) is 23.4 Å². The number of thioether (sulfide) groups is 1. The standard InChI is InChI=1S/C19H20N4O2S/c1-4-12-10-14(16(25-3)11-15(12)24-2)18-22-23-17(20-21-19(23)26-18)13-8-6-5-7-9-13/h5-11,18,22H,4H2,1-3H3. The van der Waals surface area contributed by atoms with Gasteiger partial charge in [0.1, 0.15) is 16.9 Å². The largest absolute Gasteiger partial charge is 0.496 e. The highest BCUT2D eigenvalue weighted by Crippen LogP contribution is 2.44. The number of benzene rings is 2. The van der Waals surface area contributed by atoms with Crippen LogP contribution in [0.3, 0.4) is 0 Å². The predicted octanol–water partition coefficient (Wildman–Crippen LogP) is 3.87. The summed E-state index contributed by atoms with van der Waals surface area (Å²) in [4.78, 5) is 0. The molecular formula is C19H20N4O2S. The van der Waals surface area contributed by atoms with Gasteiger partial charge in [0.25, 0.3) is 0 Å². The molecule has 6 nitrogen and oxygen atoms in total. The fraction of sp³-hybridized carbons (Fsp3) is 0.263. The first-order chi connectivity index (χ1) is 12.7. The van der Waals surface area contributed by atoms with E-state index < -0.39 is 0 Å². The van der Waals surface area contributed by atoms with E-state index in [2.05, 4.69) is 28.6 Å². The average molecular weight is 368 g/mol. The molecule has 1 aliphatic rings. The van der Waals surface area contributed by atoms with Crippen molar-refractivity contribution in [2.75, 3.05) is 19.6 Å². The topological polar surface area (TPSA) is 61.2 Å². The van der Waals surface area contributed by atoms with Crippen molar-refractivity contribution in [2.24, 2.45) is 0 Å². The Bertz CT molecular complexity index is 927. The minimum absolute atomic E-state index is 0.00545. The molecule has 0 saturated heterocycles. The molecule has 1 aromatic heterocycles. The Morgan fingerprint density at radius 2 is 1.85 bits per heavy atom. The average Bonchev–Trinajstić information content (AvgIpc) is 3.28. The van der Waals surface area contributed by atoms with E-state index in [0.29, 0.717) is 0 Å². The summed E-state index contributed by atoms with van der Waals surface area (Å²) in [5, 5.41) is 9.48. The molecule has 0 aliphatic carbocycles. The molecular weight excluding hydrogens is 348 g/mol. The predicted molar refractivity (Wildman–Crippen MR) is 102 cm³/mol. The summed E-state index contributed by atoms with van der Waals surface area (Å²) in [6.45, 7) is 2.12. The number of fused-ring (bicyclic) bond motifs is 1. The number of nitrogens with one attached hydrogen (secondary N) is 1. The second kappa shape index (κ2) is 6.92. The summed E-state index contributed by atoms with van der Waals surface area (Å²) in [6.07, 6.45) is 0.888. The molecule has 0 fully saturated rings. The summed E-state index contributed by atoms with van der Waals surface area (Å²) in [6, 6.07) is 14.1. The number of rotatable bonds is 5. The van der Waals surface area contributed by atoms with E-state index in [-0.39, 0.29) is 5.37 Å². The molecule has 0 amide bonds. The molecule has 1 atom stereocenters. The zero-order valence-electron chi connectivity index (χ0n) is 14.9. The smallest absolute Gasteiger partial charge is 0.212 e. The van der Waals surface area contributed by atoms with Crippen LogP contribution in [0.2, 0.25) is 0 Å². The molecule has 7 heteroatoms. The molecule has 0 saturated carbocycles. The molecule has 1 unspecified atom stereocenters. The fourth-order valence-corrected chi connectivity index (χ4v) is 4.10. The van der Waals surface area contributed by atoms with Crippen LogP contribution in [-0.4, -0.2) is 29.1 Å². The van der Waals surface area contributed by atoms with E-state index in [4.69, 9.17) is 9.47 Å². The maximum Gasteiger partial charge on any atom is 0.212 e. The second-order valence-corrected chi connectivity index (χ2v) is 6.97. The van der Waals surface area contributed by atoms with Crippen molar-refractivity contribution in [3.63, 3.8) is 0 Å². The molecule has 2 aromatic carbocycles. The van der Waals surface area contributed by atoms with Gasteiger partial charge in [-0.3, -0.25) is 0 Å². The number of aromatic nitrogens is 3. The highest BCUT2D eigenvalue weighted by molar-refractivity contribution is 7.99. The van der Waals surface area contributed by atoms with Crippen molar-refractivity contribution in [3.05, 3.63) is 53.6 Å². The zero-order valence-corrected chi connectivity index (χ0v) is 15.7. The molecule has 1 aliphatic heterocycles. The molecule has 134 valence electrons. The summed E-state index contributed by atoms with van der Waals surface area (Å²) < 4.78 is 13.0. The van der Waals surface area contributed by atoms with Gasteiger partial charge in [0, 0.05) is 17.2 Å². The van der Waals surface area contributed by atoms with Crippen molar-refractivity contribution in [2.45, 2.75) is 23.9 Å². The van der Waals surface area contributed by atoms with Crippen molar-refractivity contribution >= 4 is 11.8 Å². The Labute approximate surface area is 156 Å². The Kier molecular flexibility index (Phi) is 4.46. The third kappa shape index (κ3) is 2.78. The quantitative estimate of drug-likeness (QED) is 0.738. The first-order valence-corrected chi connectivity index (χ1v) is 9.32. The number of methoxy groups -OCH3 is 2. The van der Waals surface area contributed by atoms with Gasteiger partial charge >= 0.3 is 0 Å². The molecule has 4 rings (SSSR count). The lowest BCUT2D eigenvalue weighted by molar-refractivity contribution is 0.388. The minimum Gasteiger partial charge on any atom is -0.496 e. The van der Waals surface area contributed by atoms with Gasteiger partial charge in [-0.15, -0.1) is 10.2 Å². The molecule has 3 aromatic rings. The SMILES string of the molecule is CCc1cc(C2Nn3c(nnc3-c3ccccc3)S2)c(OC)cc1OC. The normalized spacial score (nSPS) is 15.4. The van der Waals surface area contributed by atoms with Gasteiger partial charge in [-0.2, -0.15) is 0 Å². The molecule has 26 heavy (non-hydrogen) atoms. The third-order valence-electron chi connectivity index (χ3n) is 4.43. The van der Waals surface area contributed by atoms with Crippen molar-refractivity contribution in [1.82, 2.24) is 14.9 Å². The molecule has 1 N–H and O–H groups in total. The minimum atomic E-state index is -0.00545. The van der Waals surface area contributed by atoms with Crippen molar-refractivity contribution in [3.8, 4) is 22.9 Å². The monoisotopic (exact) mass is 368 g/mol. The maximum atomic E-state index is 5.61. The van der Waals surface area contributed by atoms with Crippen molar-refractivity contribution in [1.29, 1.82) is 0 Å². The van der Waals surface area contributed by atoms with Crippen LogP contribution < -0.4 is 14.9 Å². The van der Waals surface area contributed by atoms with E-state index in [1.807, 2.05) is 41.1 Å². The van der Waals surface area contributed by atoms with E-state index >= 15 is 0 Å². The van der Waals surface area contributed by atoms with Crippen LogP contribution in [0.15, 0.2) is 47.6 Å². The van der Waals surface area contributed by atoms with Crippen LogP contribution in [-0.2, 0) is 6.42 Å². The number of aryl methyl sites for hydroxylation is 1. The Balaban J connectivity index is 1.70. The van der Waals surface area contributed by atoms with Gasteiger partial charge in [0.15, 0.2) is 5.82 Å². The molecule has 0 spiro atoms. The van der Waals surface area contributed by atoms with Gasteiger partial charge in [-0.25, -0.2) is 4.68 Å². The molecule has 0 bridgehead atoms. The number of hydrogen-bond acceptors (Lipinski definition) is 6. The first kappa shape index (κ1) is 16.8. The van der Waals surface area contributed by atoms with Crippen LogP contribution in [0.25, 0.3) is 11.4 Å². The second-order valence-electron chi connectivity index (χ2n) is 5.89. The van der Waals surface area contributed by atoms with Gasteiger partial charge < -0.3 is 14.9 Å². The van der Waals surface area contributed by atoms with Gasteiger partial charge in [0.2, 0.25) is 5.16 Å². The maximum absolute atomic E-state index is 5.61. The van der Waals surface area contributed by atoms with Crippen molar-refractivity contribution < 1.29 is 9.47 Å². The van der Waals surface area contributed by atoms with Crippen LogP contribution in [0, 0.1) is 0 Å². The van der Waals surface area contributed by atoms with E-state index in [9.17, 15) is 0 Å². The molecule has 0 radical (unpaired) electrons. The number of nitrogens with zero attached hydrogens (tertiary/aromatic N) is 3. The molecule has 2 heterocycles. The lowest BCUT2D eigenvalue weighted by Crippen LogP contribution is -2.15. The Hall–Kier alpha value is -2.67. The Morgan fingerprint density at radius 3 is 2.54 bits per heavy atom. The highest BCUT2D eigenvalue weighted by atomic mass is 32.2. The lowest BCUT2D eigenvalue weighted by atomic mass is 10.1. The van der Waals surface area contributed by atoms with Crippen LogP contribution in [0.4, 0.5) is 0 Å². The number of ether oxygens (including phenoxy) is 2. The highest BCUT2D eigenvalue weighted by Gasteiger charge is 2.30. The van der Waals surface area contributed by atoms with Gasteiger partial charge in [0.05, 0.1) is 14.2 Å². The van der Waals surface area contributed by atoms with Gasteiger partial charge in [-0.05, 0) is 18.1 Å². The van der Waals surface area contributed by atoms with Crippen LogP contribution >= 0.6 is 11.8 Å². The number of hydrogen-bond donors (Lipinski definition) is 1. The van der Waals surface area contributed by atoms with Gasteiger partial charge in [-0.1, -0.05) is 49.0 Å². The van der Waals surface area contributed by atoms with E-state index in [1.165, 1.54) is 0 Å². The van der Waals surface area contributed by atoms with E-state index in [0.717, 1.165) is 45.6 Å². The first-order valence-electron chi connectivity index (χ1n) is 8.44. The fourth-order valence-electron chi connectivity index (χ4n) is 3.09. The third-order valence-corrected chi connectivity index (χ3v) is 5.50. The summed E-state index contributed by atoms with van der Waals surface area (Å²) in [5.74, 6) is 2.45. The van der Waals surface area contributed by atoms with E-state index in [1.54, 1.807) is 26.0 Å².